The molecule has 0 spiro atoms. The molecule has 0 fully saturated rings. The highest BCUT2D eigenvalue weighted by Gasteiger charge is 2.18. The molecule has 0 saturated carbocycles. The molecule has 1 amide bonds. The van der Waals surface area contributed by atoms with Crippen LogP contribution in [-0.4, -0.2) is 26.4 Å². The van der Waals surface area contributed by atoms with Gasteiger partial charge in [0.15, 0.2) is 17.1 Å². The summed E-state index contributed by atoms with van der Waals surface area (Å²) in [6.45, 7) is 6.04. The van der Waals surface area contributed by atoms with Gasteiger partial charge in [-0.2, -0.15) is 0 Å². The smallest absolute Gasteiger partial charge is 0.234 e. The van der Waals surface area contributed by atoms with Gasteiger partial charge in [0.1, 0.15) is 5.75 Å². The first-order valence-electron chi connectivity index (χ1n) is 9.71. The number of nitrogens with zero attached hydrogens (tertiary/aromatic N) is 3. The van der Waals surface area contributed by atoms with Crippen LogP contribution in [0.2, 0.25) is 0 Å². The summed E-state index contributed by atoms with van der Waals surface area (Å²) >= 11 is 4.80. The van der Waals surface area contributed by atoms with Crippen LogP contribution in [0.3, 0.4) is 0 Å². The van der Waals surface area contributed by atoms with Gasteiger partial charge in [0.2, 0.25) is 5.91 Å². The number of nitrogens with one attached hydrogen (secondary N) is 1. The van der Waals surface area contributed by atoms with Crippen molar-refractivity contribution in [1.82, 2.24) is 14.8 Å². The van der Waals surface area contributed by atoms with Gasteiger partial charge in [-0.05, 0) is 61.7 Å². The van der Waals surface area contributed by atoms with Crippen molar-refractivity contribution in [3.8, 4) is 5.75 Å². The van der Waals surface area contributed by atoms with Crippen LogP contribution in [0.5, 0.6) is 5.75 Å². The highest BCUT2D eigenvalue weighted by atomic mass is 79.9. The van der Waals surface area contributed by atoms with Gasteiger partial charge in [0.25, 0.3) is 0 Å². The van der Waals surface area contributed by atoms with Gasteiger partial charge in [-0.15, -0.1) is 10.2 Å². The van der Waals surface area contributed by atoms with Crippen molar-refractivity contribution in [2.75, 3.05) is 11.1 Å². The monoisotopic (exact) mass is 488 g/mol. The minimum Gasteiger partial charge on any atom is -0.483 e. The van der Waals surface area contributed by atoms with Crippen molar-refractivity contribution in [3.63, 3.8) is 0 Å². The lowest BCUT2D eigenvalue weighted by atomic mass is 10.2. The van der Waals surface area contributed by atoms with E-state index >= 15 is 0 Å². The summed E-state index contributed by atoms with van der Waals surface area (Å²) in [5, 5.41) is 12.1. The van der Waals surface area contributed by atoms with E-state index < -0.39 is 0 Å². The highest BCUT2D eigenvalue weighted by Crippen LogP contribution is 2.24. The zero-order valence-corrected chi connectivity index (χ0v) is 19.9. The first-order chi connectivity index (χ1) is 14.4. The minimum atomic E-state index is -0.260. The third kappa shape index (κ3) is 5.64. The number of aromatic nitrogens is 3. The molecule has 1 heterocycles. The number of hydrogen-bond donors (Lipinski definition) is 1. The van der Waals surface area contributed by atoms with E-state index in [4.69, 9.17) is 4.74 Å². The fourth-order valence-corrected chi connectivity index (χ4v) is 3.88. The average molecular weight is 489 g/mol. The Labute approximate surface area is 189 Å². The summed E-state index contributed by atoms with van der Waals surface area (Å²) in [7, 11) is 1.88. The molecule has 0 saturated heterocycles. The Hall–Kier alpha value is -2.32. The van der Waals surface area contributed by atoms with Crippen LogP contribution in [-0.2, 0) is 18.3 Å². The second-order valence-corrected chi connectivity index (χ2v) is 8.76. The van der Waals surface area contributed by atoms with Gasteiger partial charge in [-0.1, -0.05) is 46.7 Å². The number of carbonyl (C=O) groups excluding carboxylic acids is 1. The molecule has 0 radical (unpaired) electrons. The molecular weight excluding hydrogens is 464 g/mol. The van der Waals surface area contributed by atoms with Crippen LogP contribution >= 0.6 is 27.7 Å². The number of ether oxygens (including phenoxy) is 1. The van der Waals surface area contributed by atoms with Crippen molar-refractivity contribution >= 4 is 39.3 Å². The number of amides is 1. The van der Waals surface area contributed by atoms with E-state index in [0.29, 0.717) is 11.0 Å². The normalized spacial score (nSPS) is 11.9. The SMILES string of the molecule is CCc1ccc(OC(C)c2nnc(SCC(=O)Nc3ccc(Br)c(C)c3)n2C)cc1. The number of carbonyl (C=O) groups is 1. The molecule has 1 N–H and O–H groups in total. The third-order valence-corrected chi connectivity index (χ3v) is 6.56. The fourth-order valence-electron chi connectivity index (χ4n) is 2.92. The van der Waals surface area contributed by atoms with Crippen molar-refractivity contribution < 1.29 is 9.53 Å². The Morgan fingerprint density at radius 3 is 2.63 bits per heavy atom. The quantitative estimate of drug-likeness (QED) is 0.434. The lowest BCUT2D eigenvalue weighted by Crippen LogP contribution is -2.15. The zero-order chi connectivity index (χ0) is 21.7. The number of aryl methyl sites for hydroxylation is 2. The van der Waals surface area contributed by atoms with Crippen LogP contribution in [0, 0.1) is 6.92 Å². The molecule has 0 aliphatic rings. The molecule has 1 atom stereocenters. The van der Waals surface area contributed by atoms with Crippen molar-refractivity contribution in [2.45, 2.75) is 38.5 Å². The molecular formula is C22H25BrN4O2S. The molecule has 0 aliphatic carbocycles. The van der Waals surface area contributed by atoms with Crippen LogP contribution in [0.4, 0.5) is 5.69 Å². The van der Waals surface area contributed by atoms with E-state index in [1.807, 2.05) is 55.8 Å². The van der Waals surface area contributed by atoms with Gasteiger partial charge in [0, 0.05) is 17.2 Å². The van der Waals surface area contributed by atoms with Gasteiger partial charge in [-0.3, -0.25) is 4.79 Å². The van der Waals surface area contributed by atoms with Crippen LogP contribution in [0.15, 0.2) is 52.1 Å². The maximum absolute atomic E-state index is 12.3. The fraction of sp³-hybridized carbons (Fsp3) is 0.318. The van der Waals surface area contributed by atoms with E-state index in [0.717, 1.165) is 27.9 Å². The average Bonchev–Trinajstić information content (AvgIpc) is 3.10. The Balaban J connectivity index is 1.57. The molecule has 2 aromatic carbocycles. The number of anilines is 1. The molecule has 30 heavy (non-hydrogen) atoms. The number of hydrogen-bond acceptors (Lipinski definition) is 5. The number of halogens is 1. The van der Waals surface area contributed by atoms with Crippen LogP contribution in [0.25, 0.3) is 0 Å². The summed E-state index contributed by atoms with van der Waals surface area (Å²) in [5.74, 6) is 1.66. The summed E-state index contributed by atoms with van der Waals surface area (Å²) in [6.07, 6.45) is 0.734. The van der Waals surface area contributed by atoms with Gasteiger partial charge in [-0.25, -0.2) is 0 Å². The molecule has 158 valence electrons. The van der Waals surface area contributed by atoms with E-state index in [2.05, 4.69) is 50.5 Å². The highest BCUT2D eigenvalue weighted by molar-refractivity contribution is 9.10. The molecule has 0 bridgehead atoms. The van der Waals surface area contributed by atoms with Gasteiger partial charge < -0.3 is 14.6 Å². The Morgan fingerprint density at radius 1 is 1.23 bits per heavy atom. The standard InChI is InChI=1S/C22H25BrN4O2S/c1-5-16-6-9-18(10-7-16)29-15(3)21-25-26-22(27(21)4)30-13-20(28)24-17-8-11-19(23)14(2)12-17/h6-12,15H,5,13H2,1-4H3,(H,24,28). The molecule has 3 aromatic rings. The zero-order valence-electron chi connectivity index (χ0n) is 17.5. The summed E-state index contributed by atoms with van der Waals surface area (Å²) in [4.78, 5) is 12.3. The number of rotatable bonds is 8. The minimum absolute atomic E-state index is 0.0911. The summed E-state index contributed by atoms with van der Waals surface area (Å²) < 4.78 is 8.88. The largest absolute Gasteiger partial charge is 0.483 e. The van der Waals surface area contributed by atoms with E-state index in [1.165, 1.54) is 17.3 Å². The van der Waals surface area contributed by atoms with E-state index in [9.17, 15) is 4.79 Å². The molecule has 1 unspecified atom stereocenters. The van der Waals surface area contributed by atoms with Crippen LogP contribution < -0.4 is 10.1 Å². The number of thioether (sulfide) groups is 1. The van der Waals surface area contributed by atoms with Crippen molar-refractivity contribution in [1.29, 1.82) is 0 Å². The first kappa shape index (κ1) is 22.4. The molecule has 0 aliphatic heterocycles. The maximum atomic E-state index is 12.3. The van der Waals surface area contributed by atoms with E-state index in [-0.39, 0.29) is 17.8 Å². The molecule has 1 aromatic heterocycles. The van der Waals surface area contributed by atoms with Crippen molar-refractivity contribution in [2.24, 2.45) is 7.05 Å². The second kappa shape index (κ2) is 10.1. The Morgan fingerprint density at radius 2 is 1.97 bits per heavy atom. The first-order valence-corrected chi connectivity index (χ1v) is 11.5. The molecule has 8 heteroatoms. The molecule has 3 rings (SSSR count). The third-order valence-electron chi connectivity index (χ3n) is 4.65. The predicted molar refractivity (Wildman–Crippen MR) is 124 cm³/mol. The number of benzene rings is 2. The molecule has 6 nitrogen and oxygen atoms in total. The Bertz CT molecular complexity index is 1020. The van der Waals surface area contributed by atoms with Crippen molar-refractivity contribution in [3.05, 3.63) is 63.9 Å². The topological polar surface area (TPSA) is 69.0 Å². The summed E-state index contributed by atoms with van der Waals surface area (Å²) in [5.41, 5.74) is 3.11. The summed E-state index contributed by atoms with van der Waals surface area (Å²) in [6, 6.07) is 13.8. The van der Waals surface area contributed by atoms with Gasteiger partial charge in [0.05, 0.1) is 5.75 Å². The lowest BCUT2D eigenvalue weighted by Gasteiger charge is -2.14. The van der Waals surface area contributed by atoms with E-state index in [1.54, 1.807) is 0 Å². The van der Waals surface area contributed by atoms with Crippen LogP contribution in [0.1, 0.15) is 36.9 Å². The maximum Gasteiger partial charge on any atom is 0.234 e. The Kier molecular flexibility index (Phi) is 7.55. The lowest BCUT2D eigenvalue weighted by molar-refractivity contribution is -0.113. The predicted octanol–water partition coefficient (Wildman–Crippen LogP) is 5.32. The second-order valence-electron chi connectivity index (χ2n) is 6.96. The van der Waals surface area contributed by atoms with Gasteiger partial charge >= 0.3 is 0 Å².